The third-order valence-corrected chi connectivity index (χ3v) is 4.78. The van der Waals surface area contributed by atoms with Crippen LogP contribution < -0.4 is 16.3 Å². The number of nitrogens with one attached hydrogen (secondary N) is 2. The molecular formula is C20H32N6O. The lowest BCUT2D eigenvalue weighted by Crippen LogP contribution is -2.30. The van der Waals surface area contributed by atoms with Crippen LogP contribution in [-0.4, -0.2) is 33.8 Å². The third kappa shape index (κ3) is 4.28. The van der Waals surface area contributed by atoms with E-state index in [0.717, 1.165) is 49.0 Å². The molecule has 0 spiro atoms. The van der Waals surface area contributed by atoms with Crippen molar-refractivity contribution in [1.29, 1.82) is 0 Å². The van der Waals surface area contributed by atoms with Gasteiger partial charge in [-0.15, -0.1) is 0 Å². The van der Waals surface area contributed by atoms with Gasteiger partial charge in [0.15, 0.2) is 0 Å². The van der Waals surface area contributed by atoms with Crippen LogP contribution in [0.3, 0.4) is 0 Å². The average Bonchev–Trinajstić information content (AvgIpc) is 3.17. The van der Waals surface area contributed by atoms with Crippen LogP contribution in [0.1, 0.15) is 70.7 Å². The third-order valence-electron chi connectivity index (χ3n) is 4.78. The number of hydrogen-bond acceptors (Lipinski definition) is 6. The SMILES string of the molecule is CC.CCNc1nc(C)c2cc(/C(C)=N/NC)c(=O)n(C3CCCC3)c2n1. The van der Waals surface area contributed by atoms with E-state index in [1.807, 2.05) is 45.3 Å². The molecule has 1 aliphatic carbocycles. The van der Waals surface area contributed by atoms with Crippen LogP contribution in [-0.2, 0) is 0 Å². The second kappa shape index (κ2) is 9.48. The van der Waals surface area contributed by atoms with Gasteiger partial charge in [0.25, 0.3) is 5.56 Å². The molecule has 1 fully saturated rings. The Bertz CT molecular complexity index is 865. The summed E-state index contributed by atoms with van der Waals surface area (Å²) < 4.78 is 1.88. The fourth-order valence-electron chi connectivity index (χ4n) is 3.58. The molecular weight excluding hydrogens is 340 g/mol. The number of hydrazone groups is 1. The summed E-state index contributed by atoms with van der Waals surface area (Å²) in [5, 5.41) is 8.28. The van der Waals surface area contributed by atoms with Crippen molar-refractivity contribution < 1.29 is 0 Å². The van der Waals surface area contributed by atoms with Gasteiger partial charge >= 0.3 is 0 Å². The largest absolute Gasteiger partial charge is 0.354 e. The molecule has 7 nitrogen and oxygen atoms in total. The van der Waals surface area contributed by atoms with Gasteiger partial charge in [-0.1, -0.05) is 26.7 Å². The Kier molecular flexibility index (Phi) is 7.33. The van der Waals surface area contributed by atoms with Crippen molar-refractivity contribution in [1.82, 2.24) is 20.0 Å². The van der Waals surface area contributed by atoms with E-state index in [1.165, 1.54) is 0 Å². The zero-order valence-corrected chi connectivity index (χ0v) is 17.4. The van der Waals surface area contributed by atoms with Crippen molar-refractivity contribution in [3.05, 3.63) is 27.7 Å². The number of pyridine rings is 1. The van der Waals surface area contributed by atoms with E-state index < -0.39 is 0 Å². The minimum absolute atomic E-state index is 0.0172. The molecule has 0 saturated heterocycles. The van der Waals surface area contributed by atoms with Gasteiger partial charge in [-0.25, -0.2) is 4.98 Å². The summed E-state index contributed by atoms with van der Waals surface area (Å²) >= 11 is 0. The summed E-state index contributed by atoms with van der Waals surface area (Å²) in [6, 6.07) is 2.07. The predicted molar refractivity (Wildman–Crippen MR) is 113 cm³/mol. The minimum Gasteiger partial charge on any atom is -0.354 e. The highest BCUT2D eigenvalue weighted by Crippen LogP contribution is 2.31. The van der Waals surface area contributed by atoms with Gasteiger partial charge in [-0.2, -0.15) is 10.1 Å². The first-order valence-corrected chi connectivity index (χ1v) is 9.96. The molecule has 1 aliphatic rings. The smallest absolute Gasteiger partial charge is 0.261 e. The molecule has 2 aromatic rings. The Hall–Kier alpha value is -2.44. The maximum Gasteiger partial charge on any atom is 0.261 e. The number of fused-ring (bicyclic) bond motifs is 1. The average molecular weight is 373 g/mol. The molecule has 2 N–H and O–H groups in total. The Morgan fingerprint density at radius 3 is 2.56 bits per heavy atom. The molecule has 0 amide bonds. The molecule has 0 radical (unpaired) electrons. The maximum atomic E-state index is 13.2. The number of rotatable bonds is 5. The molecule has 0 aliphatic heterocycles. The van der Waals surface area contributed by atoms with Crippen LogP contribution in [0.2, 0.25) is 0 Å². The summed E-state index contributed by atoms with van der Waals surface area (Å²) in [6.45, 7) is 10.6. The second-order valence-electron chi connectivity index (χ2n) is 6.49. The topological polar surface area (TPSA) is 84.2 Å². The van der Waals surface area contributed by atoms with E-state index in [4.69, 9.17) is 0 Å². The lowest BCUT2D eigenvalue weighted by molar-refractivity contribution is 0.515. The number of hydrogen-bond donors (Lipinski definition) is 2. The van der Waals surface area contributed by atoms with Gasteiger partial charge in [-0.3, -0.25) is 9.36 Å². The summed E-state index contributed by atoms with van der Waals surface area (Å²) in [6.07, 6.45) is 4.33. The molecule has 0 aromatic carbocycles. The Morgan fingerprint density at radius 1 is 1.30 bits per heavy atom. The van der Waals surface area contributed by atoms with Crippen LogP contribution in [0.4, 0.5) is 5.95 Å². The van der Waals surface area contributed by atoms with Crippen molar-refractivity contribution in [3.63, 3.8) is 0 Å². The Balaban J connectivity index is 0.00000126. The van der Waals surface area contributed by atoms with Gasteiger partial charge in [0.2, 0.25) is 5.95 Å². The fourth-order valence-corrected chi connectivity index (χ4v) is 3.58. The monoisotopic (exact) mass is 372 g/mol. The Morgan fingerprint density at radius 2 is 1.96 bits per heavy atom. The lowest BCUT2D eigenvalue weighted by Gasteiger charge is -2.19. The molecule has 27 heavy (non-hydrogen) atoms. The van der Waals surface area contributed by atoms with E-state index >= 15 is 0 Å². The lowest BCUT2D eigenvalue weighted by atomic mass is 10.1. The molecule has 2 aromatic heterocycles. The summed E-state index contributed by atoms with van der Waals surface area (Å²) in [7, 11) is 1.73. The van der Waals surface area contributed by atoms with Gasteiger partial charge in [0.05, 0.1) is 17.0 Å². The van der Waals surface area contributed by atoms with E-state index in [-0.39, 0.29) is 11.6 Å². The Labute approximate surface area is 161 Å². The van der Waals surface area contributed by atoms with Crippen LogP contribution in [0.25, 0.3) is 11.0 Å². The first kappa shape index (κ1) is 20.9. The zero-order chi connectivity index (χ0) is 20.0. The number of aryl methyl sites for hydroxylation is 1. The van der Waals surface area contributed by atoms with Crippen molar-refractivity contribution >= 4 is 22.7 Å². The standard InChI is InChI=1S/C18H26N6O.C2H6/c1-5-20-18-21-11(2)14-10-15(12(3)23-19-4)17(25)24(16(14)22-18)13-8-6-7-9-13;1-2/h10,13,19H,5-9H2,1-4H3,(H,20,21,22);1-2H3/b23-12+;. The highest BCUT2D eigenvalue weighted by atomic mass is 16.1. The van der Waals surface area contributed by atoms with Crippen LogP contribution >= 0.6 is 0 Å². The van der Waals surface area contributed by atoms with Crippen LogP contribution in [0, 0.1) is 6.92 Å². The summed E-state index contributed by atoms with van der Waals surface area (Å²) in [5.41, 5.74) is 5.63. The molecule has 148 valence electrons. The molecule has 1 saturated carbocycles. The quantitative estimate of drug-likeness (QED) is 0.619. The summed E-state index contributed by atoms with van der Waals surface area (Å²) in [4.78, 5) is 22.4. The molecule has 2 heterocycles. The molecule has 7 heteroatoms. The van der Waals surface area contributed by atoms with Crippen molar-refractivity contribution in [2.75, 3.05) is 18.9 Å². The molecule has 0 unspecified atom stereocenters. The van der Waals surface area contributed by atoms with Gasteiger partial charge in [0.1, 0.15) is 5.65 Å². The minimum atomic E-state index is -0.0172. The first-order valence-electron chi connectivity index (χ1n) is 9.96. The van der Waals surface area contributed by atoms with Crippen LogP contribution in [0.5, 0.6) is 0 Å². The predicted octanol–water partition coefficient (Wildman–Crippen LogP) is 3.62. The highest BCUT2D eigenvalue weighted by Gasteiger charge is 2.24. The number of nitrogens with zero attached hydrogens (tertiary/aromatic N) is 4. The fraction of sp³-hybridized carbons (Fsp3) is 0.600. The van der Waals surface area contributed by atoms with Gasteiger partial charge in [0, 0.05) is 25.0 Å². The number of anilines is 1. The zero-order valence-electron chi connectivity index (χ0n) is 17.4. The first-order chi connectivity index (χ1) is 13.1. The maximum absolute atomic E-state index is 13.2. The highest BCUT2D eigenvalue weighted by molar-refractivity contribution is 6.01. The van der Waals surface area contributed by atoms with Crippen molar-refractivity contribution in [3.8, 4) is 0 Å². The molecule has 3 rings (SSSR count). The van der Waals surface area contributed by atoms with E-state index in [0.29, 0.717) is 17.2 Å². The van der Waals surface area contributed by atoms with Gasteiger partial charge < -0.3 is 10.7 Å². The molecule has 0 bridgehead atoms. The number of aromatic nitrogens is 3. The van der Waals surface area contributed by atoms with Gasteiger partial charge in [-0.05, 0) is 39.7 Å². The summed E-state index contributed by atoms with van der Waals surface area (Å²) in [5.74, 6) is 0.576. The van der Waals surface area contributed by atoms with Crippen molar-refractivity contribution in [2.24, 2.45) is 5.10 Å². The van der Waals surface area contributed by atoms with Crippen molar-refractivity contribution in [2.45, 2.75) is 66.3 Å². The van der Waals surface area contributed by atoms with E-state index in [1.54, 1.807) is 7.05 Å². The van der Waals surface area contributed by atoms with Crippen LogP contribution in [0.15, 0.2) is 16.0 Å². The van der Waals surface area contributed by atoms with E-state index in [9.17, 15) is 4.79 Å². The molecule has 0 atom stereocenters. The normalized spacial score (nSPS) is 14.8. The van der Waals surface area contributed by atoms with E-state index in [2.05, 4.69) is 25.8 Å². The second-order valence-corrected chi connectivity index (χ2v) is 6.49.